The number of sulfonamides is 1. The van der Waals surface area contributed by atoms with Gasteiger partial charge in [-0.1, -0.05) is 0 Å². The first kappa shape index (κ1) is 11.8. The predicted octanol–water partition coefficient (Wildman–Crippen LogP) is 2.63. The fraction of sp³-hybridized carbons (Fsp3) is 0.333. The third-order valence-electron chi connectivity index (χ3n) is 2.23. The molecule has 1 aromatic rings. The van der Waals surface area contributed by atoms with Crippen LogP contribution in [0.15, 0.2) is 16.6 Å². The highest BCUT2D eigenvalue weighted by molar-refractivity contribution is 9.10. The third-order valence-corrected chi connectivity index (χ3v) is 4.69. The average molecular weight is 312 g/mol. The standard InChI is InChI=1S/C9H8BrF2NO2S/c10-6-3-8(12)9(4-7(6)11)13-16(14,15)5-1-2-5/h3-5,13H,1-2H2. The quantitative estimate of drug-likeness (QED) is 0.872. The van der Waals surface area contributed by atoms with E-state index in [1.54, 1.807) is 0 Å². The largest absolute Gasteiger partial charge is 0.280 e. The summed E-state index contributed by atoms with van der Waals surface area (Å²) < 4.78 is 51.4. The van der Waals surface area contributed by atoms with Crippen LogP contribution >= 0.6 is 15.9 Å². The van der Waals surface area contributed by atoms with E-state index >= 15 is 0 Å². The van der Waals surface area contributed by atoms with Crippen LogP contribution in [0, 0.1) is 11.6 Å². The van der Waals surface area contributed by atoms with Gasteiger partial charge in [0.05, 0.1) is 15.4 Å². The Bertz CT molecular complexity index is 529. The zero-order valence-corrected chi connectivity index (χ0v) is 10.4. The average Bonchev–Trinajstić information content (AvgIpc) is 2.96. The lowest BCUT2D eigenvalue weighted by Gasteiger charge is -2.08. The topological polar surface area (TPSA) is 46.2 Å². The molecule has 0 heterocycles. The first-order valence-corrected chi connectivity index (χ1v) is 6.90. The van der Waals surface area contributed by atoms with Gasteiger partial charge in [0.15, 0.2) is 0 Å². The minimum Gasteiger partial charge on any atom is -0.280 e. The summed E-state index contributed by atoms with van der Waals surface area (Å²) in [6.07, 6.45) is 1.13. The molecule has 0 aliphatic heterocycles. The van der Waals surface area contributed by atoms with Gasteiger partial charge in [0, 0.05) is 6.07 Å². The summed E-state index contributed by atoms with van der Waals surface area (Å²) in [7, 11) is -3.56. The summed E-state index contributed by atoms with van der Waals surface area (Å²) in [6.45, 7) is 0. The fourth-order valence-electron chi connectivity index (χ4n) is 1.22. The van der Waals surface area contributed by atoms with Gasteiger partial charge in [0.1, 0.15) is 11.6 Å². The summed E-state index contributed by atoms with van der Waals surface area (Å²) in [6, 6.07) is 1.71. The van der Waals surface area contributed by atoms with E-state index in [4.69, 9.17) is 0 Å². The second-order valence-corrected chi connectivity index (χ2v) is 6.41. The van der Waals surface area contributed by atoms with Crippen molar-refractivity contribution >= 4 is 31.6 Å². The number of halogens is 3. The second kappa shape index (κ2) is 3.96. The van der Waals surface area contributed by atoms with E-state index < -0.39 is 26.9 Å². The van der Waals surface area contributed by atoms with Crippen LogP contribution in [-0.4, -0.2) is 13.7 Å². The van der Waals surface area contributed by atoms with Crippen LogP contribution in [0.4, 0.5) is 14.5 Å². The van der Waals surface area contributed by atoms with Gasteiger partial charge in [-0.2, -0.15) is 0 Å². The smallest absolute Gasteiger partial charge is 0.235 e. The highest BCUT2D eigenvalue weighted by atomic mass is 79.9. The molecule has 2 rings (SSSR count). The monoisotopic (exact) mass is 311 g/mol. The van der Waals surface area contributed by atoms with Gasteiger partial charge >= 0.3 is 0 Å². The number of hydrogen-bond donors (Lipinski definition) is 1. The Balaban J connectivity index is 2.31. The van der Waals surface area contributed by atoms with Crippen molar-refractivity contribution in [3.8, 4) is 0 Å². The van der Waals surface area contributed by atoms with E-state index in [1.807, 2.05) is 0 Å². The normalized spacial score (nSPS) is 16.2. The maximum atomic E-state index is 13.3. The molecule has 1 aromatic carbocycles. The van der Waals surface area contributed by atoms with Gasteiger partial charge in [-0.05, 0) is 34.8 Å². The lowest BCUT2D eigenvalue weighted by atomic mass is 10.3. The maximum absolute atomic E-state index is 13.3. The number of anilines is 1. The summed E-state index contributed by atoms with van der Waals surface area (Å²) >= 11 is 2.81. The zero-order chi connectivity index (χ0) is 11.9. The molecule has 0 amide bonds. The molecule has 3 nitrogen and oxygen atoms in total. The molecular weight excluding hydrogens is 304 g/mol. The molecule has 0 aromatic heterocycles. The predicted molar refractivity (Wildman–Crippen MR) is 59.6 cm³/mol. The molecule has 0 radical (unpaired) electrons. The van der Waals surface area contributed by atoms with Crippen molar-refractivity contribution in [2.75, 3.05) is 4.72 Å². The Kier molecular flexibility index (Phi) is 2.91. The van der Waals surface area contributed by atoms with E-state index in [9.17, 15) is 17.2 Å². The molecule has 16 heavy (non-hydrogen) atoms. The van der Waals surface area contributed by atoms with Crippen LogP contribution in [0.3, 0.4) is 0 Å². The minimum atomic E-state index is -3.56. The van der Waals surface area contributed by atoms with Crippen LogP contribution in [-0.2, 0) is 10.0 Å². The van der Waals surface area contributed by atoms with Crippen LogP contribution < -0.4 is 4.72 Å². The Morgan fingerprint density at radius 1 is 1.25 bits per heavy atom. The molecule has 1 aliphatic carbocycles. The van der Waals surface area contributed by atoms with Crippen LogP contribution in [0.2, 0.25) is 0 Å². The zero-order valence-electron chi connectivity index (χ0n) is 8.00. The summed E-state index contributed by atoms with van der Waals surface area (Å²) in [5.41, 5.74) is -0.354. The summed E-state index contributed by atoms with van der Waals surface area (Å²) in [5.74, 6) is -1.52. The Labute approximate surface area is 100 Å². The lowest BCUT2D eigenvalue weighted by molar-refractivity contribution is 0.591. The minimum absolute atomic E-state index is 0.0423. The summed E-state index contributed by atoms with van der Waals surface area (Å²) in [5, 5.41) is -0.474. The van der Waals surface area contributed by atoms with Gasteiger partial charge in [-0.15, -0.1) is 0 Å². The molecular formula is C9H8BrF2NO2S. The van der Waals surface area contributed by atoms with Gasteiger partial charge in [-0.3, -0.25) is 4.72 Å². The van der Waals surface area contributed by atoms with E-state index in [2.05, 4.69) is 20.7 Å². The molecule has 1 saturated carbocycles. The van der Waals surface area contributed by atoms with Crippen molar-refractivity contribution in [3.05, 3.63) is 28.2 Å². The lowest BCUT2D eigenvalue weighted by Crippen LogP contribution is -2.18. The van der Waals surface area contributed by atoms with Crippen molar-refractivity contribution in [1.29, 1.82) is 0 Å². The van der Waals surface area contributed by atoms with E-state index in [1.165, 1.54) is 0 Å². The number of nitrogens with one attached hydrogen (secondary N) is 1. The van der Waals surface area contributed by atoms with Crippen molar-refractivity contribution in [2.24, 2.45) is 0 Å². The van der Waals surface area contributed by atoms with Gasteiger partial charge in [-0.25, -0.2) is 17.2 Å². The Morgan fingerprint density at radius 3 is 2.44 bits per heavy atom. The van der Waals surface area contributed by atoms with Crippen molar-refractivity contribution in [2.45, 2.75) is 18.1 Å². The fourth-order valence-corrected chi connectivity index (χ4v) is 2.92. The first-order chi connectivity index (χ1) is 7.40. The molecule has 1 N–H and O–H groups in total. The first-order valence-electron chi connectivity index (χ1n) is 4.56. The van der Waals surface area contributed by atoms with Gasteiger partial charge in [0.25, 0.3) is 0 Å². The molecule has 0 bridgehead atoms. The Hall–Kier alpha value is -0.690. The molecule has 0 spiro atoms. The van der Waals surface area contributed by atoms with Gasteiger partial charge in [0.2, 0.25) is 10.0 Å². The Morgan fingerprint density at radius 2 is 1.88 bits per heavy atom. The number of benzene rings is 1. The van der Waals surface area contributed by atoms with E-state index in [0.717, 1.165) is 12.1 Å². The van der Waals surface area contributed by atoms with Crippen molar-refractivity contribution in [1.82, 2.24) is 0 Å². The second-order valence-electron chi connectivity index (χ2n) is 3.59. The van der Waals surface area contributed by atoms with Crippen molar-refractivity contribution < 1.29 is 17.2 Å². The van der Waals surface area contributed by atoms with Gasteiger partial charge < -0.3 is 0 Å². The van der Waals surface area contributed by atoms with Crippen LogP contribution in [0.5, 0.6) is 0 Å². The molecule has 1 aliphatic rings. The highest BCUT2D eigenvalue weighted by Crippen LogP contribution is 2.31. The van der Waals surface area contributed by atoms with E-state index in [-0.39, 0.29) is 10.2 Å². The summed E-state index contributed by atoms with van der Waals surface area (Å²) in [4.78, 5) is 0. The van der Waals surface area contributed by atoms with E-state index in [0.29, 0.717) is 12.8 Å². The third kappa shape index (κ3) is 2.35. The molecule has 0 unspecified atom stereocenters. The highest BCUT2D eigenvalue weighted by Gasteiger charge is 2.36. The molecule has 0 atom stereocenters. The van der Waals surface area contributed by atoms with Crippen molar-refractivity contribution in [3.63, 3.8) is 0 Å². The number of hydrogen-bond acceptors (Lipinski definition) is 2. The number of rotatable bonds is 3. The molecule has 88 valence electrons. The molecule has 7 heteroatoms. The SMILES string of the molecule is O=S(=O)(Nc1cc(F)c(Br)cc1F)C1CC1. The maximum Gasteiger partial charge on any atom is 0.235 e. The molecule has 0 saturated heterocycles. The molecule has 1 fully saturated rings. The van der Waals surface area contributed by atoms with Crippen LogP contribution in [0.1, 0.15) is 12.8 Å². The van der Waals surface area contributed by atoms with Crippen LogP contribution in [0.25, 0.3) is 0 Å².